The highest BCUT2D eigenvalue weighted by molar-refractivity contribution is 7.89. The van der Waals surface area contributed by atoms with Gasteiger partial charge < -0.3 is 14.8 Å². The van der Waals surface area contributed by atoms with Crippen LogP contribution in [0.15, 0.2) is 23.1 Å². The Morgan fingerprint density at radius 2 is 1.96 bits per heavy atom. The lowest BCUT2D eigenvalue weighted by Crippen LogP contribution is -2.38. The van der Waals surface area contributed by atoms with E-state index in [-0.39, 0.29) is 4.90 Å². The zero-order valence-electron chi connectivity index (χ0n) is 13.8. The fourth-order valence-corrected chi connectivity index (χ4v) is 3.74. The third-order valence-corrected chi connectivity index (χ3v) is 5.21. The Kier molecular flexibility index (Phi) is 6.68. The van der Waals surface area contributed by atoms with E-state index in [1.807, 2.05) is 13.8 Å². The molecule has 1 aromatic rings. The Morgan fingerprint density at radius 3 is 2.61 bits per heavy atom. The molecule has 1 unspecified atom stereocenters. The quantitative estimate of drug-likeness (QED) is 0.753. The van der Waals surface area contributed by atoms with Gasteiger partial charge in [-0.25, -0.2) is 13.1 Å². The Balaban J connectivity index is 2.09. The highest BCUT2D eigenvalue weighted by Crippen LogP contribution is 2.30. The number of benzene rings is 1. The lowest BCUT2D eigenvalue weighted by Gasteiger charge is -2.23. The van der Waals surface area contributed by atoms with Crippen molar-refractivity contribution in [1.82, 2.24) is 10.0 Å². The highest BCUT2D eigenvalue weighted by Gasteiger charge is 2.20. The lowest BCUT2D eigenvalue weighted by molar-refractivity contribution is 0.287. The molecule has 0 saturated carbocycles. The van der Waals surface area contributed by atoms with E-state index in [0.717, 1.165) is 25.9 Å². The fourth-order valence-electron chi connectivity index (χ4n) is 2.61. The van der Waals surface area contributed by atoms with Gasteiger partial charge in [-0.3, -0.25) is 0 Å². The van der Waals surface area contributed by atoms with Crippen molar-refractivity contribution in [2.75, 3.05) is 32.8 Å². The predicted octanol–water partition coefficient (Wildman–Crippen LogP) is 1.76. The Bertz CT molecular complexity index is 598. The molecule has 2 rings (SSSR count). The van der Waals surface area contributed by atoms with E-state index in [1.165, 1.54) is 6.07 Å². The second-order valence-corrected chi connectivity index (χ2v) is 7.31. The van der Waals surface area contributed by atoms with E-state index in [4.69, 9.17) is 9.47 Å². The van der Waals surface area contributed by atoms with E-state index >= 15 is 0 Å². The number of piperidine rings is 1. The summed E-state index contributed by atoms with van der Waals surface area (Å²) in [5, 5.41) is 3.29. The lowest BCUT2D eigenvalue weighted by atomic mass is 10.0. The van der Waals surface area contributed by atoms with Gasteiger partial charge in [0.1, 0.15) is 0 Å². The second kappa shape index (κ2) is 8.52. The molecule has 1 fully saturated rings. The molecule has 130 valence electrons. The molecule has 1 heterocycles. The van der Waals surface area contributed by atoms with Crippen LogP contribution in [0.3, 0.4) is 0 Å². The average molecular weight is 342 g/mol. The smallest absolute Gasteiger partial charge is 0.240 e. The normalized spacial score (nSPS) is 18.6. The summed E-state index contributed by atoms with van der Waals surface area (Å²) in [6.45, 7) is 7.00. The molecule has 0 aromatic heterocycles. The molecule has 6 nitrogen and oxygen atoms in total. The molecule has 0 amide bonds. The van der Waals surface area contributed by atoms with E-state index in [1.54, 1.807) is 12.1 Å². The summed E-state index contributed by atoms with van der Waals surface area (Å²) in [4.78, 5) is 0.202. The van der Waals surface area contributed by atoms with Crippen LogP contribution in [0.4, 0.5) is 0 Å². The zero-order chi connectivity index (χ0) is 16.7. The molecule has 1 saturated heterocycles. The number of hydrogen-bond acceptors (Lipinski definition) is 5. The molecule has 1 atom stereocenters. The third-order valence-electron chi connectivity index (χ3n) is 3.79. The monoisotopic (exact) mass is 342 g/mol. The molecule has 1 aliphatic heterocycles. The van der Waals surface area contributed by atoms with Crippen molar-refractivity contribution < 1.29 is 17.9 Å². The third kappa shape index (κ3) is 5.09. The predicted molar refractivity (Wildman–Crippen MR) is 89.6 cm³/mol. The minimum atomic E-state index is -3.55. The fraction of sp³-hybridized carbons (Fsp3) is 0.625. The van der Waals surface area contributed by atoms with Crippen molar-refractivity contribution >= 4 is 10.0 Å². The first-order chi connectivity index (χ1) is 11.1. The van der Waals surface area contributed by atoms with Crippen molar-refractivity contribution in [2.24, 2.45) is 5.92 Å². The number of ether oxygens (including phenoxy) is 2. The standard InChI is InChI=1S/C16H26N2O4S/c1-3-21-15-8-7-14(10-16(15)22-4-2)23(19,20)18-12-13-6-5-9-17-11-13/h7-8,10,13,17-18H,3-6,9,11-12H2,1-2H3. The van der Waals surface area contributed by atoms with Crippen LogP contribution in [0.1, 0.15) is 26.7 Å². The van der Waals surface area contributed by atoms with Crippen molar-refractivity contribution in [1.29, 1.82) is 0 Å². The van der Waals surface area contributed by atoms with E-state index < -0.39 is 10.0 Å². The van der Waals surface area contributed by atoms with Crippen molar-refractivity contribution in [3.8, 4) is 11.5 Å². The maximum absolute atomic E-state index is 12.5. The maximum Gasteiger partial charge on any atom is 0.240 e. The first kappa shape index (κ1) is 18.0. The summed E-state index contributed by atoms with van der Waals surface area (Å²) in [5.41, 5.74) is 0. The summed E-state index contributed by atoms with van der Waals surface area (Å²) >= 11 is 0. The van der Waals surface area contributed by atoms with Crippen molar-refractivity contribution in [2.45, 2.75) is 31.6 Å². The van der Waals surface area contributed by atoms with Crippen LogP contribution in [0.2, 0.25) is 0 Å². The van der Waals surface area contributed by atoms with Gasteiger partial charge >= 0.3 is 0 Å². The van der Waals surface area contributed by atoms with E-state index in [2.05, 4.69) is 10.0 Å². The second-order valence-electron chi connectivity index (χ2n) is 5.54. The van der Waals surface area contributed by atoms with Gasteiger partial charge in [0.05, 0.1) is 18.1 Å². The molecule has 2 N–H and O–H groups in total. The molecule has 0 aliphatic carbocycles. The highest BCUT2D eigenvalue weighted by atomic mass is 32.2. The average Bonchev–Trinajstić information content (AvgIpc) is 2.56. The largest absolute Gasteiger partial charge is 0.490 e. The molecule has 0 bridgehead atoms. The molecule has 1 aliphatic rings. The number of hydrogen-bond donors (Lipinski definition) is 2. The summed E-state index contributed by atoms with van der Waals surface area (Å²) in [6.07, 6.45) is 2.13. The molecular weight excluding hydrogens is 316 g/mol. The van der Waals surface area contributed by atoms with Gasteiger partial charge in [-0.15, -0.1) is 0 Å². The van der Waals surface area contributed by atoms with Gasteiger partial charge in [-0.05, 0) is 57.8 Å². The zero-order valence-corrected chi connectivity index (χ0v) is 14.6. The van der Waals surface area contributed by atoms with Crippen LogP contribution in [0, 0.1) is 5.92 Å². The Hall–Kier alpha value is -1.31. The SMILES string of the molecule is CCOc1ccc(S(=O)(=O)NCC2CCCNC2)cc1OCC. The van der Waals surface area contributed by atoms with Gasteiger partial charge in [0.15, 0.2) is 11.5 Å². The summed E-state index contributed by atoms with van der Waals surface area (Å²) in [7, 11) is -3.55. The van der Waals surface area contributed by atoms with Gasteiger partial charge in [0.25, 0.3) is 0 Å². The van der Waals surface area contributed by atoms with Gasteiger partial charge in [0.2, 0.25) is 10.0 Å². The maximum atomic E-state index is 12.5. The Labute approximate surface area is 138 Å². The van der Waals surface area contributed by atoms with Crippen molar-refractivity contribution in [3.63, 3.8) is 0 Å². The van der Waals surface area contributed by atoms with E-state index in [9.17, 15) is 8.42 Å². The number of sulfonamides is 1. The van der Waals surface area contributed by atoms with Crippen LogP contribution < -0.4 is 19.5 Å². The molecule has 1 aromatic carbocycles. The number of nitrogens with one attached hydrogen (secondary N) is 2. The first-order valence-electron chi connectivity index (χ1n) is 8.16. The van der Waals surface area contributed by atoms with Crippen LogP contribution in [0.5, 0.6) is 11.5 Å². The first-order valence-corrected chi connectivity index (χ1v) is 9.65. The van der Waals surface area contributed by atoms with Crippen LogP contribution in [0.25, 0.3) is 0 Å². The van der Waals surface area contributed by atoms with Crippen LogP contribution in [-0.2, 0) is 10.0 Å². The van der Waals surface area contributed by atoms with Gasteiger partial charge in [0, 0.05) is 12.6 Å². The molecule has 0 spiro atoms. The summed E-state index contributed by atoms with van der Waals surface area (Å²) in [6, 6.07) is 4.72. The molecule has 0 radical (unpaired) electrons. The minimum Gasteiger partial charge on any atom is -0.490 e. The molecular formula is C16H26N2O4S. The summed E-state index contributed by atoms with van der Waals surface area (Å²) in [5.74, 6) is 1.36. The Morgan fingerprint density at radius 1 is 1.22 bits per heavy atom. The van der Waals surface area contributed by atoms with Crippen LogP contribution in [-0.4, -0.2) is 41.3 Å². The minimum absolute atomic E-state index is 0.202. The van der Waals surface area contributed by atoms with Gasteiger partial charge in [-0.1, -0.05) is 0 Å². The topological polar surface area (TPSA) is 76.7 Å². The van der Waals surface area contributed by atoms with Crippen molar-refractivity contribution in [3.05, 3.63) is 18.2 Å². The molecule has 7 heteroatoms. The van der Waals surface area contributed by atoms with Crippen LogP contribution >= 0.6 is 0 Å². The molecule has 23 heavy (non-hydrogen) atoms. The summed E-state index contributed by atoms with van der Waals surface area (Å²) < 4.78 is 38.6. The number of rotatable bonds is 8. The van der Waals surface area contributed by atoms with Gasteiger partial charge in [-0.2, -0.15) is 0 Å². The van der Waals surface area contributed by atoms with E-state index in [0.29, 0.717) is 37.2 Å².